The van der Waals surface area contributed by atoms with Crippen LogP contribution in [-0.2, 0) is 16.6 Å². The molecule has 3 rings (SSSR count). The third-order valence-electron chi connectivity index (χ3n) is 4.03. The molecule has 2 aliphatic heterocycles. The first kappa shape index (κ1) is 12.6. The zero-order chi connectivity index (χ0) is 12.8. The average Bonchev–Trinajstić information content (AvgIpc) is 2.95. The molecule has 6 heteroatoms. The number of rotatable bonds is 3. The van der Waals surface area contributed by atoms with Crippen molar-refractivity contribution in [2.75, 3.05) is 19.3 Å². The Kier molecular flexibility index (Phi) is 3.21. The summed E-state index contributed by atoms with van der Waals surface area (Å²) < 4.78 is 25.1. The quantitative estimate of drug-likeness (QED) is 0.842. The van der Waals surface area contributed by atoms with E-state index in [2.05, 4.69) is 21.7 Å². The number of fused-ring (bicyclic) bond motifs is 1. The Hall–Kier alpha value is -0.430. The first-order chi connectivity index (χ1) is 8.55. The van der Waals surface area contributed by atoms with Gasteiger partial charge in [0.1, 0.15) is 0 Å². The van der Waals surface area contributed by atoms with Crippen LogP contribution in [0, 0.1) is 0 Å². The van der Waals surface area contributed by atoms with Crippen molar-refractivity contribution in [3.05, 3.63) is 22.4 Å². The SMILES string of the molecule is CS(=O)(=O)N1CC[C@@H]2[C@@H]1CCN2Cc1ccsc1. The summed E-state index contributed by atoms with van der Waals surface area (Å²) in [5.74, 6) is 0. The third-order valence-corrected chi connectivity index (χ3v) is 6.07. The lowest BCUT2D eigenvalue weighted by atomic mass is 10.1. The van der Waals surface area contributed by atoms with Gasteiger partial charge in [-0.15, -0.1) is 0 Å². The van der Waals surface area contributed by atoms with E-state index in [1.54, 1.807) is 15.6 Å². The Labute approximate surface area is 112 Å². The lowest BCUT2D eigenvalue weighted by molar-refractivity contribution is 0.240. The molecule has 2 atom stereocenters. The normalized spacial score (nSPS) is 29.8. The molecule has 0 bridgehead atoms. The van der Waals surface area contributed by atoms with E-state index in [4.69, 9.17) is 0 Å². The number of hydrogen-bond donors (Lipinski definition) is 0. The number of nitrogens with zero attached hydrogens (tertiary/aromatic N) is 2. The van der Waals surface area contributed by atoms with Gasteiger partial charge in [0.25, 0.3) is 0 Å². The average molecular weight is 286 g/mol. The molecular formula is C12H18N2O2S2. The summed E-state index contributed by atoms with van der Waals surface area (Å²) in [6, 6.07) is 2.78. The predicted octanol–water partition coefficient (Wildman–Crippen LogP) is 1.36. The lowest BCUT2D eigenvalue weighted by Crippen LogP contribution is -2.38. The molecule has 1 aromatic heterocycles. The fourth-order valence-corrected chi connectivity index (χ4v) is 5.10. The number of thiophene rings is 1. The summed E-state index contributed by atoms with van der Waals surface area (Å²) in [6.45, 7) is 2.66. The lowest BCUT2D eigenvalue weighted by Gasteiger charge is -2.24. The molecule has 0 unspecified atom stereocenters. The standard InChI is InChI=1S/C12H18N2O2S2/c1-18(15,16)14-6-3-11-12(14)2-5-13(11)8-10-4-7-17-9-10/h4,7,9,11-12H,2-3,5-6,8H2,1H3/t11-,12+/m1/s1. The van der Waals surface area contributed by atoms with E-state index in [0.29, 0.717) is 12.6 Å². The second-order valence-corrected chi connectivity index (χ2v) is 7.90. The van der Waals surface area contributed by atoms with Crippen LogP contribution in [-0.4, -0.2) is 49.1 Å². The highest BCUT2D eigenvalue weighted by molar-refractivity contribution is 7.88. The minimum atomic E-state index is -3.03. The first-order valence-corrected chi connectivity index (χ1v) is 9.07. The summed E-state index contributed by atoms with van der Waals surface area (Å²) in [4.78, 5) is 2.44. The summed E-state index contributed by atoms with van der Waals surface area (Å²) >= 11 is 1.72. The van der Waals surface area contributed by atoms with Crippen LogP contribution >= 0.6 is 11.3 Å². The van der Waals surface area contributed by atoms with E-state index in [9.17, 15) is 8.42 Å². The molecule has 0 N–H and O–H groups in total. The maximum absolute atomic E-state index is 11.7. The number of sulfonamides is 1. The van der Waals surface area contributed by atoms with E-state index < -0.39 is 10.0 Å². The van der Waals surface area contributed by atoms with Crippen molar-refractivity contribution in [3.63, 3.8) is 0 Å². The molecule has 3 heterocycles. The highest BCUT2D eigenvalue weighted by Gasteiger charge is 2.45. The molecule has 100 valence electrons. The fourth-order valence-electron chi connectivity index (χ4n) is 3.26. The molecule has 2 saturated heterocycles. The van der Waals surface area contributed by atoms with Crippen LogP contribution in [0.5, 0.6) is 0 Å². The number of hydrogen-bond acceptors (Lipinski definition) is 4. The summed E-state index contributed by atoms with van der Waals surface area (Å²) in [5.41, 5.74) is 1.35. The minimum absolute atomic E-state index is 0.207. The highest BCUT2D eigenvalue weighted by atomic mass is 32.2. The van der Waals surface area contributed by atoms with Crippen molar-refractivity contribution in [2.45, 2.75) is 31.5 Å². The van der Waals surface area contributed by atoms with E-state index in [1.165, 1.54) is 11.8 Å². The molecule has 0 spiro atoms. The van der Waals surface area contributed by atoms with Crippen LogP contribution in [0.1, 0.15) is 18.4 Å². The van der Waals surface area contributed by atoms with E-state index in [0.717, 1.165) is 25.9 Å². The van der Waals surface area contributed by atoms with Gasteiger partial charge in [0, 0.05) is 31.7 Å². The zero-order valence-corrected chi connectivity index (χ0v) is 12.1. The van der Waals surface area contributed by atoms with Gasteiger partial charge >= 0.3 is 0 Å². The maximum Gasteiger partial charge on any atom is 0.211 e. The predicted molar refractivity (Wildman–Crippen MR) is 73.1 cm³/mol. The van der Waals surface area contributed by atoms with Crippen molar-refractivity contribution in [1.82, 2.24) is 9.21 Å². The van der Waals surface area contributed by atoms with Crippen LogP contribution in [0.15, 0.2) is 16.8 Å². The molecule has 0 aliphatic carbocycles. The molecule has 0 aromatic carbocycles. The summed E-state index contributed by atoms with van der Waals surface area (Å²) in [6.07, 6.45) is 3.28. The Bertz CT molecular complexity index is 512. The molecule has 0 radical (unpaired) electrons. The van der Waals surface area contributed by atoms with Gasteiger partial charge in [0.05, 0.1) is 6.26 Å². The van der Waals surface area contributed by atoms with Gasteiger partial charge < -0.3 is 0 Å². The van der Waals surface area contributed by atoms with Gasteiger partial charge in [0.2, 0.25) is 10.0 Å². The topological polar surface area (TPSA) is 40.6 Å². The Balaban J connectivity index is 1.72. The summed E-state index contributed by atoms with van der Waals surface area (Å²) in [7, 11) is -3.03. The van der Waals surface area contributed by atoms with Crippen LogP contribution in [0.4, 0.5) is 0 Å². The van der Waals surface area contributed by atoms with Gasteiger partial charge in [-0.1, -0.05) is 0 Å². The largest absolute Gasteiger partial charge is 0.294 e. The fraction of sp³-hybridized carbons (Fsp3) is 0.667. The molecule has 0 saturated carbocycles. The first-order valence-electron chi connectivity index (χ1n) is 6.27. The molecule has 0 amide bonds. The molecule has 18 heavy (non-hydrogen) atoms. The minimum Gasteiger partial charge on any atom is -0.294 e. The maximum atomic E-state index is 11.7. The van der Waals surface area contributed by atoms with Crippen molar-refractivity contribution in [2.24, 2.45) is 0 Å². The zero-order valence-electron chi connectivity index (χ0n) is 10.4. The molecular weight excluding hydrogens is 268 g/mol. The highest BCUT2D eigenvalue weighted by Crippen LogP contribution is 2.34. The van der Waals surface area contributed by atoms with Gasteiger partial charge in [-0.3, -0.25) is 4.90 Å². The number of likely N-dealkylation sites (tertiary alicyclic amines) is 1. The Morgan fingerprint density at radius 1 is 1.33 bits per heavy atom. The van der Waals surface area contributed by atoms with Gasteiger partial charge in [-0.05, 0) is 35.2 Å². The van der Waals surface area contributed by atoms with E-state index in [-0.39, 0.29) is 6.04 Å². The molecule has 2 aliphatic rings. The molecule has 1 aromatic rings. The van der Waals surface area contributed by atoms with Crippen molar-refractivity contribution in [3.8, 4) is 0 Å². The van der Waals surface area contributed by atoms with Gasteiger partial charge in [-0.25, -0.2) is 8.42 Å². The van der Waals surface area contributed by atoms with E-state index in [1.807, 2.05) is 0 Å². The van der Waals surface area contributed by atoms with Gasteiger partial charge in [0.15, 0.2) is 0 Å². The van der Waals surface area contributed by atoms with Crippen molar-refractivity contribution >= 4 is 21.4 Å². The summed E-state index contributed by atoms with van der Waals surface area (Å²) in [5, 5.41) is 4.27. The second-order valence-electron chi connectivity index (χ2n) is 5.19. The second kappa shape index (κ2) is 4.59. The van der Waals surface area contributed by atoms with E-state index >= 15 is 0 Å². The van der Waals surface area contributed by atoms with Crippen LogP contribution in [0.2, 0.25) is 0 Å². The molecule has 2 fully saturated rings. The smallest absolute Gasteiger partial charge is 0.211 e. The van der Waals surface area contributed by atoms with Crippen LogP contribution in [0.25, 0.3) is 0 Å². The molecule has 4 nitrogen and oxygen atoms in total. The van der Waals surface area contributed by atoms with Crippen LogP contribution in [0.3, 0.4) is 0 Å². The van der Waals surface area contributed by atoms with Crippen LogP contribution < -0.4 is 0 Å². The van der Waals surface area contributed by atoms with Gasteiger partial charge in [-0.2, -0.15) is 15.6 Å². The third kappa shape index (κ3) is 2.22. The monoisotopic (exact) mass is 286 g/mol. The van der Waals surface area contributed by atoms with Crippen molar-refractivity contribution < 1.29 is 8.42 Å². The van der Waals surface area contributed by atoms with Crippen molar-refractivity contribution in [1.29, 1.82) is 0 Å². The Morgan fingerprint density at radius 2 is 2.11 bits per heavy atom. The Morgan fingerprint density at radius 3 is 2.78 bits per heavy atom.